The summed E-state index contributed by atoms with van der Waals surface area (Å²) in [6.07, 6.45) is 0. The molecule has 0 unspecified atom stereocenters. The minimum atomic E-state index is -0.494. The maximum atomic E-state index is 13.6. The predicted octanol–water partition coefficient (Wildman–Crippen LogP) is 3.37. The highest BCUT2D eigenvalue weighted by atomic mass is 19.1. The molecule has 0 spiro atoms. The second kappa shape index (κ2) is 6.26. The first-order valence-corrected chi connectivity index (χ1v) is 6.61. The third-order valence-corrected chi connectivity index (χ3v) is 3.07. The Labute approximate surface area is 122 Å². The first kappa shape index (κ1) is 14.8. The van der Waals surface area contributed by atoms with Gasteiger partial charge in [-0.05, 0) is 50.2 Å². The van der Waals surface area contributed by atoms with Crippen molar-refractivity contribution in [2.24, 2.45) is 0 Å². The molecule has 0 bridgehead atoms. The summed E-state index contributed by atoms with van der Waals surface area (Å²) in [4.78, 5) is 12.1. The first-order valence-electron chi connectivity index (χ1n) is 6.61. The van der Waals surface area contributed by atoms with E-state index in [9.17, 15) is 9.18 Å². The molecule has 0 aliphatic carbocycles. The molecule has 0 aliphatic heterocycles. The van der Waals surface area contributed by atoms with E-state index in [1.165, 1.54) is 12.1 Å². The lowest BCUT2D eigenvalue weighted by molar-refractivity contribution is 0.102. The standard InChI is InChI=1S/C16H17FN2O2/c1-3-21-13-6-4-12(5-7-13)19-16(20)11-8-14(17)10(2)15(18)9-11/h4-9H,3,18H2,1-2H3,(H,19,20). The van der Waals surface area contributed by atoms with Crippen molar-refractivity contribution in [2.75, 3.05) is 17.7 Å². The maximum absolute atomic E-state index is 13.6. The number of rotatable bonds is 4. The minimum Gasteiger partial charge on any atom is -0.494 e. The molecule has 2 aromatic carbocycles. The number of benzene rings is 2. The third-order valence-electron chi connectivity index (χ3n) is 3.07. The molecule has 0 aromatic heterocycles. The van der Waals surface area contributed by atoms with Crippen molar-refractivity contribution in [1.29, 1.82) is 0 Å². The first-order chi connectivity index (χ1) is 10.0. The Morgan fingerprint density at radius 2 is 1.95 bits per heavy atom. The Morgan fingerprint density at radius 3 is 2.52 bits per heavy atom. The summed E-state index contributed by atoms with van der Waals surface area (Å²) in [5, 5.41) is 2.68. The van der Waals surface area contributed by atoms with Gasteiger partial charge in [-0.2, -0.15) is 0 Å². The number of halogens is 1. The normalized spacial score (nSPS) is 10.2. The number of ether oxygens (including phenoxy) is 1. The summed E-state index contributed by atoms with van der Waals surface area (Å²) in [5.41, 5.74) is 7.05. The fourth-order valence-electron chi connectivity index (χ4n) is 1.84. The molecular weight excluding hydrogens is 271 g/mol. The minimum absolute atomic E-state index is 0.185. The lowest BCUT2D eigenvalue weighted by Crippen LogP contribution is -2.13. The maximum Gasteiger partial charge on any atom is 0.255 e. The van der Waals surface area contributed by atoms with Gasteiger partial charge >= 0.3 is 0 Å². The number of carbonyl (C=O) groups is 1. The molecule has 0 heterocycles. The van der Waals surface area contributed by atoms with Crippen LogP contribution in [0.1, 0.15) is 22.8 Å². The van der Waals surface area contributed by atoms with Crippen LogP contribution in [0.25, 0.3) is 0 Å². The number of hydrogen-bond acceptors (Lipinski definition) is 3. The van der Waals surface area contributed by atoms with Crippen LogP contribution in [-0.2, 0) is 0 Å². The van der Waals surface area contributed by atoms with Crippen LogP contribution >= 0.6 is 0 Å². The Kier molecular flexibility index (Phi) is 4.42. The van der Waals surface area contributed by atoms with Crippen LogP contribution in [0.5, 0.6) is 5.75 Å². The van der Waals surface area contributed by atoms with E-state index in [-0.39, 0.29) is 11.3 Å². The van der Waals surface area contributed by atoms with Gasteiger partial charge in [0.05, 0.1) is 6.61 Å². The van der Waals surface area contributed by atoms with E-state index < -0.39 is 11.7 Å². The predicted molar refractivity (Wildman–Crippen MR) is 81.1 cm³/mol. The number of anilines is 2. The van der Waals surface area contributed by atoms with E-state index in [2.05, 4.69) is 5.32 Å². The van der Waals surface area contributed by atoms with Crippen LogP contribution in [-0.4, -0.2) is 12.5 Å². The molecule has 0 radical (unpaired) electrons. The van der Waals surface area contributed by atoms with Crippen LogP contribution in [0.2, 0.25) is 0 Å². The van der Waals surface area contributed by atoms with E-state index >= 15 is 0 Å². The van der Waals surface area contributed by atoms with Gasteiger partial charge in [-0.3, -0.25) is 4.79 Å². The van der Waals surface area contributed by atoms with E-state index in [0.29, 0.717) is 17.9 Å². The van der Waals surface area contributed by atoms with Crippen LogP contribution in [0.4, 0.5) is 15.8 Å². The smallest absolute Gasteiger partial charge is 0.255 e. The second-order valence-corrected chi connectivity index (χ2v) is 4.58. The topological polar surface area (TPSA) is 64.3 Å². The highest BCUT2D eigenvalue weighted by Crippen LogP contribution is 2.20. The summed E-state index contributed by atoms with van der Waals surface area (Å²) in [7, 11) is 0. The fraction of sp³-hybridized carbons (Fsp3) is 0.188. The van der Waals surface area contributed by atoms with Crippen LogP contribution in [0.15, 0.2) is 36.4 Å². The second-order valence-electron chi connectivity index (χ2n) is 4.58. The Bertz CT molecular complexity index is 631. The molecule has 21 heavy (non-hydrogen) atoms. The van der Waals surface area contributed by atoms with E-state index in [0.717, 1.165) is 5.75 Å². The largest absolute Gasteiger partial charge is 0.494 e. The SMILES string of the molecule is CCOc1ccc(NC(=O)c2cc(N)c(C)c(F)c2)cc1. The van der Waals surface area contributed by atoms with E-state index in [1.807, 2.05) is 6.92 Å². The number of hydrogen-bond donors (Lipinski definition) is 2. The lowest BCUT2D eigenvalue weighted by Gasteiger charge is -2.09. The zero-order valence-electron chi connectivity index (χ0n) is 11.9. The molecule has 3 N–H and O–H groups in total. The molecule has 0 saturated carbocycles. The van der Waals surface area contributed by atoms with Gasteiger partial charge in [0.2, 0.25) is 0 Å². The van der Waals surface area contributed by atoms with E-state index in [4.69, 9.17) is 10.5 Å². The summed E-state index contributed by atoms with van der Waals surface area (Å²) in [5.74, 6) is -0.183. The van der Waals surface area contributed by atoms with E-state index in [1.54, 1.807) is 31.2 Å². The molecule has 0 atom stereocenters. The molecule has 5 heteroatoms. The van der Waals surface area contributed by atoms with Crippen molar-refractivity contribution >= 4 is 17.3 Å². The molecule has 0 aliphatic rings. The molecule has 0 fully saturated rings. The summed E-state index contributed by atoms with van der Waals surface area (Å²) in [6.45, 7) is 4.04. The van der Waals surface area contributed by atoms with Gasteiger partial charge in [-0.1, -0.05) is 0 Å². The van der Waals surface area contributed by atoms with Gasteiger partial charge in [0.25, 0.3) is 5.91 Å². The Morgan fingerprint density at radius 1 is 1.29 bits per heavy atom. The number of nitrogens with one attached hydrogen (secondary N) is 1. The molecule has 2 rings (SSSR count). The summed E-state index contributed by atoms with van der Waals surface area (Å²) < 4.78 is 18.9. The van der Waals surface area contributed by atoms with Crippen LogP contribution in [0.3, 0.4) is 0 Å². The molecule has 4 nitrogen and oxygen atoms in total. The van der Waals surface area contributed by atoms with Crippen molar-refractivity contribution in [3.63, 3.8) is 0 Å². The lowest BCUT2D eigenvalue weighted by atomic mass is 10.1. The van der Waals surface area contributed by atoms with Crippen LogP contribution in [0, 0.1) is 12.7 Å². The molecule has 110 valence electrons. The number of nitrogen functional groups attached to an aromatic ring is 1. The van der Waals surface area contributed by atoms with Gasteiger partial charge in [0.15, 0.2) is 0 Å². The van der Waals surface area contributed by atoms with Gasteiger partial charge < -0.3 is 15.8 Å². The van der Waals surface area contributed by atoms with Gasteiger partial charge in [-0.15, -0.1) is 0 Å². The molecule has 1 amide bonds. The van der Waals surface area contributed by atoms with Crippen molar-refractivity contribution < 1.29 is 13.9 Å². The molecule has 2 aromatic rings. The quantitative estimate of drug-likeness (QED) is 0.848. The third kappa shape index (κ3) is 3.51. The monoisotopic (exact) mass is 288 g/mol. The average molecular weight is 288 g/mol. The molecule has 0 saturated heterocycles. The zero-order chi connectivity index (χ0) is 15.4. The number of amides is 1. The van der Waals surface area contributed by atoms with Crippen molar-refractivity contribution in [1.82, 2.24) is 0 Å². The highest BCUT2D eigenvalue weighted by molar-refractivity contribution is 6.04. The highest BCUT2D eigenvalue weighted by Gasteiger charge is 2.11. The van der Waals surface area contributed by atoms with Crippen molar-refractivity contribution in [3.8, 4) is 5.75 Å². The average Bonchev–Trinajstić information content (AvgIpc) is 2.46. The van der Waals surface area contributed by atoms with Crippen molar-refractivity contribution in [3.05, 3.63) is 53.3 Å². The van der Waals surface area contributed by atoms with Crippen molar-refractivity contribution in [2.45, 2.75) is 13.8 Å². The summed E-state index contributed by atoms with van der Waals surface area (Å²) in [6, 6.07) is 9.58. The Hall–Kier alpha value is -2.56. The fourth-order valence-corrected chi connectivity index (χ4v) is 1.84. The van der Waals surface area contributed by atoms with Gasteiger partial charge in [0, 0.05) is 22.5 Å². The molecular formula is C16H17FN2O2. The van der Waals surface area contributed by atoms with Crippen LogP contribution < -0.4 is 15.8 Å². The summed E-state index contributed by atoms with van der Waals surface area (Å²) >= 11 is 0. The Balaban J connectivity index is 2.14. The van der Waals surface area contributed by atoms with Gasteiger partial charge in [0.1, 0.15) is 11.6 Å². The van der Waals surface area contributed by atoms with Gasteiger partial charge in [-0.25, -0.2) is 4.39 Å². The number of nitrogens with two attached hydrogens (primary N) is 1. The number of carbonyl (C=O) groups excluding carboxylic acids is 1. The zero-order valence-corrected chi connectivity index (χ0v) is 11.9.